The normalized spacial score (nSPS) is 0. The quantitative estimate of drug-likeness (QED) is 0.264. The largest absolute Gasteiger partial charge is 0.107 e. The van der Waals surface area contributed by atoms with Crippen LogP contribution in [0.5, 0.6) is 0 Å². The third-order valence-electron chi connectivity index (χ3n) is 0. The van der Waals surface area contributed by atoms with Crippen molar-refractivity contribution in [3.63, 3.8) is 0 Å². The fourth-order valence-electron chi connectivity index (χ4n) is 0. The maximum absolute atomic E-state index is 0. The molecule has 0 heterocycles. The van der Waals surface area contributed by atoms with Crippen molar-refractivity contribution in [1.29, 1.82) is 0 Å². The first kappa shape index (κ1) is 47.0. The van der Waals surface area contributed by atoms with Crippen LogP contribution in [-0.4, -0.2) is 24.4 Å². The van der Waals surface area contributed by atoms with Crippen molar-refractivity contribution in [1.82, 2.24) is 0 Å². The van der Waals surface area contributed by atoms with E-state index < -0.39 is 0 Å². The van der Waals surface area contributed by atoms with Gasteiger partial charge in [-0.2, -0.15) is 0 Å². The number of hydrogen-bond acceptors (Lipinski definition) is 0. The van der Waals surface area contributed by atoms with Gasteiger partial charge in [-0.05, 0) is 0 Å². The van der Waals surface area contributed by atoms with E-state index >= 15 is 0 Å². The molecule has 45 valence electrons. The first-order valence-corrected chi connectivity index (χ1v) is 0. The molecule has 0 aliphatic carbocycles. The summed E-state index contributed by atoms with van der Waals surface area (Å²) < 4.78 is 0. The molecule has 0 saturated carbocycles. The molecule has 0 bridgehead atoms. The molecule has 0 aliphatic heterocycles. The van der Waals surface area contributed by atoms with E-state index in [1.54, 1.807) is 0 Å². The summed E-state index contributed by atoms with van der Waals surface area (Å²) in [6, 6.07) is 0. The van der Waals surface area contributed by atoms with Gasteiger partial charge in [0.15, 0.2) is 0 Å². The zero-order valence-electron chi connectivity index (χ0n) is 2.49. The molecule has 0 rings (SSSR count). The van der Waals surface area contributed by atoms with E-state index in [0.717, 1.165) is 0 Å². The van der Waals surface area contributed by atoms with Crippen LogP contribution in [0.1, 0.15) is 0 Å². The minimum absolute atomic E-state index is 0. The van der Waals surface area contributed by atoms with Crippen LogP contribution in [0.25, 0.3) is 0 Å². The summed E-state index contributed by atoms with van der Waals surface area (Å²) in [5.41, 5.74) is 0. The molecule has 6 heteroatoms. The molecule has 0 spiro atoms. The van der Waals surface area contributed by atoms with Crippen LogP contribution in [0.2, 0.25) is 0 Å². The Morgan fingerprint density at radius 2 is 0.333 bits per heavy atom. The topological polar surface area (TPSA) is 0 Å². The molecule has 6 heavy (non-hydrogen) atoms. The van der Waals surface area contributed by atoms with Crippen LogP contribution in [0.3, 0.4) is 0 Å². The zero-order chi connectivity index (χ0) is 0. The third-order valence-corrected chi connectivity index (χ3v) is 0. The molecule has 0 fully saturated rings. The molecule has 3 radical (unpaired) electrons. The standard InChI is InChI=1S/5HI.Sb/h5*1H;. The summed E-state index contributed by atoms with van der Waals surface area (Å²) >= 11 is 0. The zero-order valence-corrected chi connectivity index (χ0v) is 16.7. The molecule has 0 saturated heterocycles. The third kappa shape index (κ3) is 23.7. The molecule has 0 aromatic carbocycles. The van der Waals surface area contributed by atoms with Gasteiger partial charge >= 0.3 is 0 Å². The van der Waals surface area contributed by atoms with Crippen molar-refractivity contribution in [2.45, 2.75) is 0 Å². The molecule has 0 N–H and O–H groups in total. The van der Waals surface area contributed by atoms with Crippen molar-refractivity contribution in [3.05, 3.63) is 0 Å². The predicted molar refractivity (Wildman–Crippen MR) is 82.8 cm³/mol. The molecule has 0 aromatic rings. The first-order valence-electron chi connectivity index (χ1n) is 0. The SMILES string of the molecule is I.I.I.I.I.[Sb]. The van der Waals surface area contributed by atoms with Crippen molar-refractivity contribution in [2.24, 2.45) is 0 Å². The summed E-state index contributed by atoms with van der Waals surface area (Å²) in [4.78, 5) is 0. The van der Waals surface area contributed by atoms with Gasteiger partial charge in [0.2, 0.25) is 0 Å². The number of hydrogen-bond donors (Lipinski definition) is 0. The Morgan fingerprint density at radius 3 is 0.333 bits per heavy atom. The van der Waals surface area contributed by atoms with Gasteiger partial charge in [-0.1, -0.05) is 0 Å². The van der Waals surface area contributed by atoms with E-state index in [4.69, 9.17) is 0 Å². The second kappa shape index (κ2) is 34.0. The Bertz CT molecular complexity index is 3.90. The average Bonchev–Trinajstić information content (AvgIpc) is 0. The summed E-state index contributed by atoms with van der Waals surface area (Å²) in [6.45, 7) is 0. The second-order valence-electron chi connectivity index (χ2n) is 0. The monoisotopic (exact) mass is 760 g/mol. The van der Waals surface area contributed by atoms with Crippen molar-refractivity contribution in [3.8, 4) is 0 Å². The van der Waals surface area contributed by atoms with Crippen LogP contribution in [-0.2, 0) is 0 Å². The average molecular weight is 761 g/mol. The van der Waals surface area contributed by atoms with Crippen LogP contribution < -0.4 is 0 Å². The molecule has 0 atom stereocenters. The van der Waals surface area contributed by atoms with Crippen LogP contribution in [0.4, 0.5) is 0 Å². The fourth-order valence-corrected chi connectivity index (χ4v) is 0. The van der Waals surface area contributed by atoms with E-state index in [0.29, 0.717) is 0 Å². The number of halogens is 5. The molecule has 0 amide bonds. The summed E-state index contributed by atoms with van der Waals surface area (Å²) in [5.74, 6) is 0. The smallest absolute Gasteiger partial charge is 0 e. The van der Waals surface area contributed by atoms with Gasteiger partial charge in [-0.25, -0.2) is 0 Å². The van der Waals surface area contributed by atoms with Crippen LogP contribution in [0.15, 0.2) is 0 Å². The van der Waals surface area contributed by atoms with E-state index in [-0.39, 0.29) is 144 Å². The van der Waals surface area contributed by atoms with E-state index in [9.17, 15) is 0 Å². The maximum Gasteiger partial charge on any atom is 0 e. The summed E-state index contributed by atoms with van der Waals surface area (Å²) in [7, 11) is 0. The molecule has 0 unspecified atom stereocenters. The Morgan fingerprint density at radius 1 is 0.333 bits per heavy atom. The maximum atomic E-state index is 0. The van der Waals surface area contributed by atoms with E-state index in [1.807, 2.05) is 0 Å². The Labute approximate surface area is 141 Å². The molecular formula is H5I5Sb. The molecular weight excluding hydrogens is 756 g/mol. The van der Waals surface area contributed by atoms with Crippen molar-refractivity contribution >= 4 is 144 Å². The van der Waals surface area contributed by atoms with Crippen molar-refractivity contribution in [2.75, 3.05) is 0 Å². The summed E-state index contributed by atoms with van der Waals surface area (Å²) in [5, 5.41) is 0. The van der Waals surface area contributed by atoms with E-state index in [1.165, 1.54) is 0 Å². The van der Waals surface area contributed by atoms with Gasteiger partial charge in [-0.3, -0.25) is 0 Å². The van der Waals surface area contributed by atoms with Gasteiger partial charge < -0.3 is 0 Å². The predicted octanol–water partition coefficient (Wildman–Crippen LogP) is 2.71. The number of rotatable bonds is 0. The van der Waals surface area contributed by atoms with Crippen LogP contribution >= 0.6 is 120 Å². The first-order chi connectivity index (χ1) is 0. The minimum Gasteiger partial charge on any atom is -0.107 e. The van der Waals surface area contributed by atoms with Gasteiger partial charge in [0, 0.05) is 24.4 Å². The van der Waals surface area contributed by atoms with E-state index in [2.05, 4.69) is 0 Å². The second-order valence-corrected chi connectivity index (χ2v) is 0. The van der Waals surface area contributed by atoms with Crippen LogP contribution in [0, 0.1) is 0 Å². The minimum atomic E-state index is 0. The Hall–Kier alpha value is 4.47. The molecule has 0 aromatic heterocycles. The summed E-state index contributed by atoms with van der Waals surface area (Å²) in [6.07, 6.45) is 0. The molecule has 0 nitrogen and oxygen atoms in total. The Kier molecular flexibility index (Phi) is 266. The van der Waals surface area contributed by atoms with Gasteiger partial charge in [0.25, 0.3) is 0 Å². The van der Waals surface area contributed by atoms with Gasteiger partial charge in [0.1, 0.15) is 0 Å². The Balaban J connectivity index is 0. The molecule has 0 aliphatic rings. The fraction of sp³-hybridized carbons (Fsp3) is 0. The van der Waals surface area contributed by atoms with Gasteiger partial charge in [-0.15, -0.1) is 120 Å². The van der Waals surface area contributed by atoms with Crippen molar-refractivity contribution < 1.29 is 0 Å². The van der Waals surface area contributed by atoms with Gasteiger partial charge in [0.05, 0.1) is 0 Å².